The van der Waals surface area contributed by atoms with Crippen LogP contribution in [0.15, 0.2) is 24.3 Å². The molecule has 0 saturated carbocycles. The van der Waals surface area contributed by atoms with Gasteiger partial charge in [0.2, 0.25) is 5.91 Å². The Hall–Kier alpha value is -1.35. The molecule has 1 aromatic carbocycles. The molecular formula is C20H30N2O. The summed E-state index contributed by atoms with van der Waals surface area (Å²) in [7, 11) is 0. The van der Waals surface area contributed by atoms with Crippen LogP contribution in [0.3, 0.4) is 0 Å². The topological polar surface area (TPSA) is 23.6 Å². The van der Waals surface area contributed by atoms with Gasteiger partial charge in [-0.15, -0.1) is 0 Å². The minimum Gasteiger partial charge on any atom is -0.341 e. The number of carbonyl (C=O) groups is 1. The standard InChI is InChI=1S/C20H30N2O/c1-16(2)18-9-6-17(7-10-18)8-11-20(23)22-14-4-13-21-12-3-5-19(21)15-22/h6-7,9-10,16,19H,3-5,8,11-15H2,1-2H3/t19-/m0/s1. The fraction of sp³-hybridized carbons (Fsp3) is 0.650. The molecule has 3 heteroatoms. The van der Waals surface area contributed by atoms with E-state index in [1.54, 1.807) is 0 Å². The Balaban J connectivity index is 1.52. The van der Waals surface area contributed by atoms with Gasteiger partial charge < -0.3 is 4.90 Å². The lowest BCUT2D eigenvalue weighted by atomic mass is 10.00. The molecule has 3 rings (SSSR count). The zero-order chi connectivity index (χ0) is 16.2. The quantitative estimate of drug-likeness (QED) is 0.850. The van der Waals surface area contributed by atoms with Crippen molar-refractivity contribution in [1.29, 1.82) is 0 Å². The molecule has 23 heavy (non-hydrogen) atoms. The molecule has 2 heterocycles. The molecule has 0 bridgehead atoms. The van der Waals surface area contributed by atoms with Crippen molar-refractivity contribution in [2.45, 2.75) is 57.9 Å². The van der Waals surface area contributed by atoms with Gasteiger partial charge in [0, 0.05) is 32.1 Å². The third-order valence-electron chi connectivity index (χ3n) is 5.43. The normalized spacial score (nSPS) is 22.2. The lowest BCUT2D eigenvalue weighted by molar-refractivity contribution is -0.131. The van der Waals surface area contributed by atoms with Crippen LogP contribution in [0.1, 0.15) is 56.6 Å². The average molecular weight is 314 g/mol. The first kappa shape index (κ1) is 16.5. The second-order valence-electron chi connectivity index (χ2n) is 7.42. The van der Waals surface area contributed by atoms with Crippen LogP contribution in [0.5, 0.6) is 0 Å². The number of fused-ring (bicyclic) bond motifs is 1. The molecule has 0 aromatic heterocycles. The van der Waals surface area contributed by atoms with E-state index in [0.29, 0.717) is 24.3 Å². The highest BCUT2D eigenvalue weighted by molar-refractivity contribution is 5.76. The van der Waals surface area contributed by atoms with Gasteiger partial charge in [-0.25, -0.2) is 0 Å². The number of benzene rings is 1. The Morgan fingerprint density at radius 3 is 2.61 bits per heavy atom. The number of amides is 1. The largest absolute Gasteiger partial charge is 0.341 e. The van der Waals surface area contributed by atoms with Crippen LogP contribution in [0.2, 0.25) is 0 Å². The third-order valence-corrected chi connectivity index (χ3v) is 5.43. The molecule has 0 unspecified atom stereocenters. The summed E-state index contributed by atoms with van der Waals surface area (Å²) >= 11 is 0. The van der Waals surface area contributed by atoms with E-state index < -0.39 is 0 Å². The smallest absolute Gasteiger partial charge is 0.222 e. The Morgan fingerprint density at radius 1 is 1.13 bits per heavy atom. The van der Waals surface area contributed by atoms with Crippen LogP contribution < -0.4 is 0 Å². The molecule has 2 fully saturated rings. The molecular weight excluding hydrogens is 284 g/mol. The summed E-state index contributed by atoms with van der Waals surface area (Å²) in [6.45, 7) is 8.72. The lowest BCUT2D eigenvalue weighted by Crippen LogP contribution is -2.39. The maximum atomic E-state index is 12.6. The van der Waals surface area contributed by atoms with E-state index in [4.69, 9.17) is 0 Å². The predicted octanol–water partition coefficient (Wildman–Crippen LogP) is 3.44. The van der Waals surface area contributed by atoms with Crippen molar-refractivity contribution in [2.75, 3.05) is 26.2 Å². The van der Waals surface area contributed by atoms with Crippen LogP contribution in [-0.4, -0.2) is 47.9 Å². The molecule has 3 nitrogen and oxygen atoms in total. The Bertz CT molecular complexity index is 523. The molecule has 0 spiro atoms. The fourth-order valence-corrected chi connectivity index (χ4v) is 3.91. The highest BCUT2D eigenvalue weighted by atomic mass is 16.2. The summed E-state index contributed by atoms with van der Waals surface area (Å²) in [5, 5.41) is 0. The van der Waals surface area contributed by atoms with Crippen molar-refractivity contribution in [2.24, 2.45) is 0 Å². The first-order chi connectivity index (χ1) is 11.1. The zero-order valence-corrected chi connectivity index (χ0v) is 14.6. The van der Waals surface area contributed by atoms with Crippen molar-refractivity contribution in [3.63, 3.8) is 0 Å². The van der Waals surface area contributed by atoms with Crippen molar-refractivity contribution >= 4 is 5.91 Å². The number of carbonyl (C=O) groups excluding carboxylic acids is 1. The third kappa shape index (κ3) is 4.14. The monoisotopic (exact) mass is 314 g/mol. The van der Waals surface area contributed by atoms with Crippen molar-refractivity contribution in [1.82, 2.24) is 9.80 Å². The average Bonchev–Trinajstić information content (AvgIpc) is 2.89. The summed E-state index contributed by atoms with van der Waals surface area (Å²) in [6, 6.07) is 9.39. The summed E-state index contributed by atoms with van der Waals surface area (Å²) in [5.41, 5.74) is 2.65. The van der Waals surface area contributed by atoms with E-state index in [-0.39, 0.29) is 0 Å². The van der Waals surface area contributed by atoms with Crippen LogP contribution in [0.25, 0.3) is 0 Å². The van der Waals surface area contributed by atoms with Gasteiger partial charge in [-0.1, -0.05) is 38.1 Å². The molecule has 0 aliphatic carbocycles. The highest BCUT2D eigenvalue weighted by Gasteiger charge is 2.30. The second-order valence-corrected chi connectivity index (χ2v) is 7.42. The molecule has 2 saturated heterocycles. The number of rotatable bonds is 4. The number of nitrogens with zero attached hydrogens (tertiary/aromatic N) is 2. The highest BCUT2D eigenvalue weighted by Crippen LogP contribution is 2.22. The maximum absolute atomic E-state index is 12.6. The van der Waals surface area contributed by atoms with Gasteiger partial charge >= 0.3 is 0 Å². The first-order valence-electron chi connectivity index (χ1n) is 9.24. The van der Waals surface area contributed by atoms with Gasteiger partial charge in [0.05, 0.1) is 0 Å². The van der Waals surface area contributed by atoms with E-state index in [9.17, 15) is 4.79 Å². The van der Waals surface area contributed by atoms with E-state index in [1.165, 1.54) is 37.1 Å². The van der Waals surface area contributed by atoms with E-state index in [0.717, 1.165) is 25.9 Å². The van der Waals surface area contributed by atoms with E-state index >= 15 is 0 Å². The summed E-state index contributed by atoms with van der Waals surface area (Å²) in [6.07, 6.45) is 5.20. The molecule has 1 aromatic rings. The fourth-order valence-electron chi connectivity index (χ4n) is 3.91. The Labute approximate surface area is 140 Å². The van der Waals surface area contributed by atoms with Gasteiger partial charge in [-0.2, -0.15) is 0 Å². The summed E-state index contributed by atoms with van der Waals surface area (Å²) in [4.78, 5) is 17.3. The van der Waals surface area contributed by atoms with Gasteiger partial charge in [-0.3, -0.25) is 9.69 Å². The van der Waals surface area contributed by atoms with Crippen LogP contribution in [-0.2, 0) is 11.2 Å². The second kappa shape index (κ2) is 7.48. The molecule has 0 radical (unpaired) electrons. The van der Waals surface area contributed by atoms with Gasteiger partial charge in [0.15, 0.2) is 0 Å². The van der Waals surface area contributed by atoms with Gasteiger partial charge in [-0.05, 0) is 49.3 Å². The van der Waals surface area contributed by atoms with Gasteiger partial charge in [0.1, 0.15) is 0 Å². The minimum absolute atomic E-state index is 0.340. The van der Waals surface area contributed by atoms with Crippen LogP contribution in [0.4, 0.5) is 0 Å². The maximum Gasteiger partial charge on any atom is 0.222 e. The number of hydrogen-bond donors (Lipinski definition) is 0. The Kier molecular flexibility index (Phi) is 5.37. The molecule has 0 N–H and O–H groups in total. The number of hydrogen-bond acceptors (Lipinski definition) is 2. The number of aryl methyl sites for hydroxylation is 1. The summed E-state index contributed by atoms with van der Waals surface area (Å²) in [5.74, 6) is 0.906. The van der Waals surface area contributed by atoms with Crippen molar-refractivity contribution in [3.8, 4) is 0 Å². The van der Waals surface area contributed by atoms with Crippen molar-refractivity contribution < 1.29 is 4.79 Å². The zero-order valence-electron chi connectivity index (χ0n) is 14.6. The lowest BCUT2D eigenvalue weighted by Gasteiger charge is -2.25. The summed E-state index contributed by atoms with van der Waals surface area (Å²) < 4.78 is 0. The Morgan fingerprint density at radius 2 is 1.87 bits per heavy atom. The van der Waals surface area contributed by atoms with E-state index in [2.05, 4.69) is 47.9 Å². The first-order valence-corrected chi connectivity index (χ1v) is 9.24. The SMILES string of the molecule is CC(C)c1ccc(CCC(=O)N2CCCN3CCC[C@H]3C2)cc1. The molecule has 2 aliphatic heterocycles. The molecule has 1 amide bonds. The van der Waals surface area contributed by atoms with Gasteiger partial charge in [0.25, 0.3) is 0 Å². The molecule has 126 valence electrons. The van der Waals surface area contributed by atoms with E-state index in [1.807, 2.05) is 0 Å². The molecule has 2 aliphatic rings. The molecule has 1 atom stereocenters. The predicted molar refractivity (Wildman–Crippen MR) is 94.6 cm³/mol. The minimum atomic E-state index is 0.340. The van der Waals surface area contributed by atoms with Crippen LogP contribution >= 0.6 is 0 Å². The van der Waals surface area contributed by atoms with Crippen LogP contribution in [0, 0.1) is 0 Å². The van der Waals surface area contributed by atoms with Crippen molar-refractivity contribution in [3.05, 3.63) is 35.4 Å².